The Morgan fingerprint density at radius 2 is 2.11 bits per heavy atom. The highest BCUT2D eigenvalue weighted by molar-refractivity contribution is 6.48. The molecule has 2 atom stereocenters. The summed E-state index contributed by atoms with van der Waals surface area (Å²) in [6.45, 7) is 10.2. The minimum atomic E-state index is -0.908. The first kappa shape index (κ1) is 16.4. The van der Waals surface area contributed by atoms with Gasteiger partial charge in [0.05, 0.1) is 6.61 Å². The van der Waals surface area contributed by atoms with Gasteiger partial charge >= 0.3 is 5.97 Å². The van der Waals surface area contributed by atoms with E-state index in [-0.39, 0.29) is 5.97 Å². The zero-order valence-corrected chi connectivity index (χ0v) is 13.8. The molecule has 4 heteroatoms. The van der Waals surface area contributed by atoms with Gasteiger partial charge in [-0.25, -0.2) is 4.79 Å². The average molecular weight is 284 g/mol. The Labute approximate surface area is 119 Å². The molecular weight excluding hydrogens is 256 g/mol. The number of hydrogen-bond donors (Lipinski definition) is 0. The van der Waals surface area contributed by atoms with Crippen molar-refractivity contribution in [1.82, 2.24) is 0 Å². The van der Waals surface area contributed by atoms with E-state index in [4.69, 9.17) is 9.16 Å². The Morgan fingerprint density at radius 1 is 1.37 bits per heavy atom. The van der Waals surface area contributed by atoms with Crippen molar-refractivity contribution in [2.75, 3.05) is 6.61 Å². The van der Waals surface area contributed by atoms with Crippen LogP contribution in [-0.2, 0) is 14.0 Å². The van der Waals surface area contributed by atoms with Crippen LogP contribution in [0, 0.1) is 5.92 Å². The summed E-state index contributed by atoms with van der Waals surface area (Å²) in [6.07, 6.45) is 7.59. The van der Waals surface area contributed by atoms with Crippen LogP contribution in [-0.4, -0.2) is 27.7 Å². The average Bonchev–Trinajstić information content (AvgIpc) is 2.34. The van der Waals surface area contributed by atoms with Crippen LogP contribution in [0.25, 0.3) is 0 Å². The van der Waals surface area contributed by atoms with E-state index in [2.05, 4.69) is 19.7 Å². The van der Waals surface area contributed by atoms with Gasteiger partial charge in [0.2, 0.25) is 0 Å². The number of esters is 1. The smallest absolute Gasteiger partial charge is 0.333 e. The van der Waals surface area contributed by atoms with Gasteiger partial charge in [0, 0.05) is 11.7 Å². The quantitative estimate of drug-likeness (QED) is 0.311. The van der Waals surface area contributed by atoms with Crippen LogP contribution >= 0.6 is 0 Å². The molecule has 1 fully saturated rings. The number of carbonyl (C=O) groups is 1. The van der Waals surface area contributed by atoms with Crippen LogP contribution in [0.5, 0.6) is 0 Å². The van der Waals surface area contributed by atoms with E-state index in [0.29, 0.717) is 18.3 Å². The third-order valence-corrected chi connectivity index (χ3v) is 4.47. The molecule has 1 saturated carbocycles. The summed E-state index contributed by atoms with van der Waals surface area (Å²) in [4.78, 5) is 11.2. The van der Waals surface area contributed by atoms with Crippen LogP contribution in [0.3, 0.4) is 0 Å². The second kappa shape index (κ2) is 8.54. The van der Waals surface area contributed by atoms with Crippen molar-refractivity contribution in [3.63, 3.8) is 0 Å². The summed E-state index contributed by atoms with van der Waals surface area (Å²) in [5, 5.41) is 0. The summed E-state index contributed by atoms with van der Waals surface area (Å²) in [5.41, 5.74) is 0.480. The van der Waals surface area contributed by atoms with E-state index in [1.165, 1.54) is 25.7 Å². The summed E-state index contributed by atoms with van der Waals surface area (Å²) in [7, 11) is -0.908. The molecule has 0 spiro atoms. The summed E-state index contributed by atoms with van der Waals surface area (Å²) in [6, 6.07) is 0. The molecule has 0 N–H and O–H groups in total. The van der Waals surface area contributed by atoms with E-state index >= 15 is 0 Å². The fourth-order valence-electron chi connectivity index (χ4n) is 2.67. The Hall–Kier alpha value is -0.613. The predicted molar refractivity (Wildman–Crippen MR) is 80.7 cm³/mol. The Balaban J connectivity index is 2.15. The third-order valence-electron chi connectivity index (χ3n) is 3.54. The van der Waals surface area contributed by atoms with Crippen molar-refractivity contribution < 1.29 is 14.0 Å². The minimum Gasteiger partial charge on any atom is -0.462 e. The first-order chi connectivity index (χ1) is 8.99. The van der Waals surface area contributed by atoms with E-state index in [9.17, 15) is 4.79 Å². The van der Waals surface area contributed by atoms with Crippen LogP contribution in [0.1, 0.15) is 45.4 Å². The maximum atomic E-state index is 11.2. The van der Waals surface area contributed by atoms with E-state index < -0.39 is 9.04 Å². The first-order valence-electron chi connectivity index (χ1n) is 7.47. The van der Waals surface area contributed by atoms with Crippen molar-refractivity contribution in [2.24, 2.45) is 5.92 Å². The number of hydrogen-bond acceptors (Lipinski definition) is 3. The zero-order valence-electron chi connectivity index (χ0n) is 12.6. The maximum Gasteiger partial charge on any atom is 0.333 e. The highest BCUT2D eigenvalue weighted by atomic mass is 28.3. The molecule has 1 aliphatic carbocycles. The second-order valence-electron chi connectivity index (χ2n) is 5.90. The SMILES string of the molecule is C=C(C)C(=O)OCCCC1CCCC(O[SiH](C)C)C1. The molecule has 0 aromatic heterocycles. The summed E-state index contributed by atoms with van der Waals surface area (Å²) in [5.74, 6) is 0.477. The normalized spacial score (nSPS) is 23.4. The molecule has 2 unspecified atom stereocenters. The summed E-state index contributed by atoms with van der Waals surface area (Å²) < 4.78 is 11.2. The monoisotopic (exact) mass is 284 g/mol. The van der Waals surface area contributed by atoms with Crippen LogP contribution in [0.4, 0.5) is 0 Å². The molecule has 3 nitrogen and oxygen atoms in total. The van der Waals surface area contributed by atoms with Crippen molar-refractivity contribution in [2.45, 2.75) is 64.6 Å². The highest BCUT2D eigenvalue weighted by Gasteiger charge is 2.22. The molecule has 1 rings (SSSR count). The standard InChI is InChI=1S/C15H28O3Si/c1-12(2)15(16)17-10-6-8-13-7-5-9-14(11-13)18-19(3)4/h13-14,19H,1,5-11H2,2-4H3. The molecule has 0 aromatic carbocycles. The molecule has 1 aliphatic rings. The molecule has 110 valence electrons. The topological polar surface area (TPSA) is 35.5 Å². The van der Waals surface area contributed by atoms with Gasteiger partial charge in [0.1, 0.15) is 0 Å². The fraction of sp³-hybridized carbons (Fsp3) is 0.800. The lowest BCUT2D eigenvalue weighted by Crippen LogP contribution is -2.27. The minimum absolute atomic E-state index is 0.268. The Kier molecular flexibility index (Phi) is 7.39. The molecule has 0 bridgehead atoms. The van der Waals surface area contributed by atoms with Crippen LogP contribution in [0.2, 0.25) is 13.1 Å². The number of carbonyl (C=O) groups excluding carboxylic acids is 1. The van der Waals surface area contributed by atoms with Crippen LogP contribution < -0.4 is 0 Å². The van der Waals surface area contributed by atoms with Crippen LogP contribution in [0.15, 0.2) is 12.2 Å². The molecule has 0 aliphatic heterocycles. The lowest BCUT2D eigenvalue weighted by atomic mass is 9.84. The van der Waals surface area contributed by atoms with Gasteiger partial charge in [-0.2, -0.15) is 0 Å². The molecule has 0 saturated heterocycles. The number of rotatable bonds is 7. The van der Waals surface area contributed by atoms with E-state index in [0.717, 1.165) is 18.8 Å². The molecule has 0 amide bonds. The van der Waals surface area contributed by atoms with Gasteiger partial charge in [0.15, 0.2) is 9.04 Å². The molecule has 0 heterocycles. The van der Waals surface area contributed by atoms with Gasteiger partial charge in [-0.15, -0.1) is 0 Å². The van der Waals surface area contributed by atoms with Gasteiger partial charge < -0.3 is 9.16 Å². The lowest BCUT2D eigenvalue weighted by Gasteiger charge is -2.30. The van der Waals surface area contributed by atoms with Crippen molar-refractivity contribution in [3.05, 3.63) is 12.2 Å². The molecular formula is C15H28O3Si. The Bertz CT molecular complexity index is 302. The van der Waals surface area contributed by atoms with Crippen molar-refractivity contribution in [3.8, 4) is 0 Å². The summed E-state index contributed by atoms with van der Waals surface area (Å²) >= 11 is 0. The van der Waals surface area contributed by atoms with Gasteiger partial charge in [-0.1, -0.05) is 19.4 Å². The van der Waals surface area contributed by atoms with Crippen molar-refractivity contribution >= 4 is 15.0 Å². The first-order valence-corrected chi connectivity index (χ1v) is 10.2. The number of ether oxygens (including phenoxy) is 1. The fourth-order valence-corrected chi connectivity index (χ4v) is 3.69. The lowest BCUT2D eigenvalue weighted by molar-refractivity contribution is -0.139. The van der Waals surface area contributed by atoms with E-state index in [1.807, 2.05) is 0 Å². The van der Waals surface area contributed by atoms with Crippen molar-refractivity contribution in [1.29, 1.82) is 0 Å². The highest BCUT2D eigenvalue weighted by Crippen LogP contribution is 2.29. The predicted octanol–water partition coefficient (Wildman–Crippen LogP) is 3.44. The van der Waals surface area contributed by atoms with E-state index in [1.54, 1.807) is 6.92 Å². The molecule has 0 aromatic rings. The second-order valence-corrected chi connectivity index (χ2v) is 8.27. The Morgan fingerprint density at radius 3 is 2.74 bits per heavy atom. The largest absolute Gasteiger partial charge is 0.462 e. The maximum absolute atomic E-state index is 11.2. The van der Waals surface area contributed by atoms with Gasteiger partial charge in [-0.05, 0) is 51.6 Å². The molecule has 0 radical (unpaired) electrons. The van der Waals surface area contributed by atoms with Gasteiger partial charge in [-0.3, -0.25) is 0 Å². The molecule has 19 heavy (non-hydrogen) atoms. The zero-order chi connectivity index (χ0) is 14.3. The van der Waals surface area contributed by atoms with Gasteiger partial charge in [0.25, 0.3) is 0 Å². The third kappa shape index (κ3) is 6.92.